The zero-order chi connectivity index (χ0) is 11.4. The minimum Gasteiger partial charge on any atom is -0.363 e. The number of non-ortho nitro benzene ring substituents is 1. The number of aliphatic imine (C=N–C) groups is 1. The van der Waals surface area contributed by atoms with E-state index < -0.39 is 4.92 Å². The first-order chi connectivity index (χ1) is 7.75. The molecule has 16 heavy (non-hydrogen) atoms. The Bertz CT molecular complexity index is 394. The first-order valence-electron chi connectivity index (χ1n) is 5.28. The lowest BCUT2D eigenvalue weighted by Crippen LogP contribution is -2.15. The van der Waals surface area contributed by atoms with Gasteiger partial charge in [-0.25, -0.2) is 4.99 Å². The number of likely N-dealkylation sites (tertiary alicyclic amines) is 1. The van der Waals surface area contributed by atoms with Gasteiger partial charge in [-0.1, -0.05) is 0 Å². The second kappa shape index (κ2) is 4.74. The third kappa shape index (κ3) is 2.56. The largest absolute Gasteiger partial charge is 0.363 e. The molecule has 0 aliphatic carbocycles. The highest BCUT2D eigenvalue weighted by Crippen LogP contribution is 2.17. The fourth-order valence-corrected chi connectivity index (χ4v) is 1.67. The van der Waals surface area contributed by atoms with Crippen molar-refractivity contribution >= 4 is 17.7 Å². The van der Waals surface area contributed by atoms with Gasteiger partial charge < -0.3 is 4.90 Å². The lowest BCUT2D eigenvalue weighted by Gasteiger charge is -2.08. The first-order valence-corrected chi connectivity index (χ1v) is 5.28. The summed E-state index contributed by atoms with van der Waals surface area (Å²) in [6.07, 6.45) is 4.24. The van der Waals surface area contributed by atoms with E-state index in [2.05, 4.69) is 9.89 Å². The van der Waals surface area contributed by atoms with Crippen LogP contribution in [0.4, 0.5) is 11.4 Å². The highest BCUT2D eigenvalue weighted by atomic mass is 16.6. The molecule has 5 nitrogen and oxygen atoms in total. The second-order valence-corrected chi connectivity index (χ2v) is 3.76. The summed E-state index contributed by atoms with van der Waals surface area (Å²) in [6.45, 7) is 2.10. The molecule has 1 aromatic rings. The minimum atomic E-state index is -0.409. The fourth-order valence-electron chi connectivity index (χ4n) is 1.67. The summed E-state index contributed by atoms with van der Waals surface area (Å²) >= 11 is 0. The number of hydrogen-bond donors (Lipinski definition) is 0. The predicted molar refractivity (Wildman–Crippen MR) is 62.1 cm³/mol. The fraction of sp³-hybridized carbons (Fsp3) is 0.364. The molecule has 1 saturated heterocycles. The molecule has 1 fully saturated rings. The van der Waals surface area contributed by atoms with Gasteiger partial charge in [0.05, 0.1) is 16.9 Å². The number of nitrogens with zero attached hydrogens (tertiary/aromatic N) is 3. The number of hydrogen-bond acceptors (Lipinski definition) is 3. The molecule has 0 unspecified atom stereocenters. The Morgan fingerprint density at radius 3 is 2.44 bits per heavy atom. The zero-order valence-corrected chi connectivity index (χ0v) is 8.87. The van der Waals surface area contributed by atoms with Crippen molar-refractivity contribution in [3.8, 4) is 0 Å². The van der Waals surface area contributed by atoms with Crippen molar-refractivity contribution < 1.29 is 4.92 Å². The summed E-state index contributed by atoms with van der Waals surface area (Å²) in [5.41, 5.74) is 0.845. The summed E-state index contributed by atoms with van der Waals surface area (Å²) in [7, 11) is 0. The molecule has 5 heteroatoms. The van der Waals surface area contributed by atoms with E-state index in [1.807, 2.05) is 6.34 Å². The van der Waals surface area contributed by atoms with E-state index >= 15 is 0 Å². The Kier molecular flexibility index (Phi) is 3.14. The third-order valence-electron chi connectivity index (χ3n) is 2.57. The van der Waals surface area contributed by atoms with Crippen molar-refractivity contribution in [1.82, 2.24) is 4.90 Å². The van der Waals surface area contributed by atoms with E-state index in [0.717, 1.165) is 18.8 Å². The monoisotopic (exact) mass is 219 g/mol. The molecule has 0 N–H and O–H groups in total. The van der Waals surface area contributed by atoms with Crippen LogP contribution in [0.2, 0.25) is 0 Å². The average molecular weight is 219 g/mol. The van der Waals surface area contributed by atoms with E-state index in [-0.39, 0.29) is 5.69 Å². The maximum absolute atomic E-state index is 10.4. The van der Waals surface area contributed by atoms with Crippen molar-refractivity contribution in [3.63, 3.8) is 0 Å². The molecular weight excluding hydrogens is 206 g/mol. The van der Waals surface area contributed by atoms with Crippen molar-refractivity contribution in [2.24, 2.45) is 4.99 Å². The molecule has 1 aliphatic rings. The van der Waals surface area contributed by atoms with Crippen LogP contribution in [-0.2, 0) is 0 Å². The molecule has 0 saturated carbocycles. The summed E-state index contributed by atoms with van der Waals surface area (Å²) in [5, 5.41) is 10.4. The molecule has 0 radical (unpaired) electrons. The summed E-state index contributed by atoms with van der Waals surface area (Å²) in [6, 6.07) is 6.25. The Labute approximate surface area is 93.6 Å². The molecule has 1 aliphatic heterocycles. The Hall–Kier alpha value is -1.91. The molecule has 2 rings (SSSR count). The molecule has 0 amide bonds. The van der Waals surface area contributed by atoms with Gasteiger partial charge in [-0.2, -0.15) is 0 Å². The number of rotatable bonds is 3. The van der Waals surface area contributed by atoms with Gasteiger partial charge in [0.25, 0.3) is 5.69 Å². The van der Waals surface area contributed by atoms with Gasteiger partial charge in [-0.15, -0.1) is 0 Å². The van der Waals surface area contributed by atoms with Crippen LogP contribution in [0.15, 0.2) is 29.3 Å². The van der Waals surface area contributed by atoms with Crippen LogP contribution in [0.5, 0.6) is 0 Å². The van der Waals surface area contributed by atoms with E-state index in [1.54, 1.807) is 12.1 Å². The van der Waals surface area contributed by atoms with E-state index in [4.69, 9.17) is 0 Å². The van der Waals surface area contributed by atoms with Gasteiger partial charge in [0.2, 0.25) is 0 Å². The average Bonchev–Trinajstić information content (AvgIpc) is 2.80. The van der Waals surface area contributed by atoms with Crippen LogP contribution in [0.3, 0.4) is 0 Å². The predicted octanol–water partition coefficient (Wildman–Crippen LogP) is 2.35. The van der Waals surface area contributed by atoms with Crippen molar-refractivity contribution in [2.75, 3.05) is 13.1 Å². The third-order valence-corrected chi connectivity index (χ3v) is 2.57. The summed E-state index contributed by atoms with van der Waals surface area (Å²) < 4.78 is 0. The summed E-state index contributed by atoms with van der Waals surface area (Å²) in [4.78, 5) is 16.5. The van der Waals surface area contributed by atoms with Gasteiger partial charge in [0.1, 0.15) is 0 Å². The first kappa shape index (κ1) is 10.6. The molecule has 1 aromatic carbocycles. The number of benzene rings is 1. The molecule has 0 atom stereocenters. The standard InChI is InChI=1S/C11H13N3O2/c15-14(16)11-5-3-10(4-6-11)12-9-13-7-1-2-8-13/h3-6,9H,1-2,7-8H2. The van der Waals surface area contributed by atoms with E-state index in [9.17, 15) is 10.1 Å². The number of nitro benzene ring substituents is 1. The lowest BCUT2D eigenvalue weighted by atomic mass is 10.3. The van der Waals surface area contributed by atoms with Gasteiger partial charge in [-0.05, 0) is 25.0 Å². The quantitative estimate of drug-likeness (QED) is 0.339. The van der Waals surface area contributed by atoms with Crippen LogP contribution in [0.25, 0.3) is 0 Å². The number of nitro groups is 1. The normalized spacial score (nSPS) is 15.9. The molecule has 1 heterocycles. The van der Waals surface area contributed by atoms with Crippen molar-refractivity contribution in [2.45, 2.75) is 12.8 Å². The van der Waals surface area contributed by atoms with Crippen LogP contribution in [-0.4, -0.2) is 29.3 Å². The van der Waals surface area contributed by atoms with Gasteiger partial charge in [0, 0.05) is 25.2 Å². The molecule has 0 spiro atoms. The highest BCUT2D eigenvalue weighted by molar-refractivity contribution is 5.62. The molecule has 84 valence electrons. The van der Waals surface area contributed by atoms with Crippen LogP contribution in [0.1, 0.15) is 12.8 Å². The van der Waals surface area contributed by atoms with Crippen LogP contribution in [0, 0.1) is 10.1 Å². The Morgan fingerprint density at radius 2 is 1.88 bits per heavy atom. The topological polar surface area (TPSA) is 58.7 Å². The maximum atomic E-state index is 10.4. The zero-order valence-electron chi connectivity index (χ0n) is 8.87. The van der Waals surface area contributed by atoms with Crippen molar-refractivity contribution in [3.05, 3.63) is 34.4 Å². The molecular formula is C11H13N3O2. The maximum Gasteiger partial charge on any atom is 0.269 e. The van der Waals surface area contributed by atoms with Crippen molar-refractivity contribution in [1.29, 1.82) is 0 Å². The second-order valence-electron chi connectivity index (χ2n) is 3.76. The van der Waals surface area contributed by atoms with Gasteiger partial charge >= 0.3 is 0 Å². The highest BCUT2D eigenvalue weighted by Gasteiger charge is 2.07. The van der Waals surface area contributed by atoms with Crippen LogP contribution >= 0.6 is 0 Å². The van der Waals surface area contributed by atoms with Gasteiger partial charge in [0.15, 0.2) is 0 Å². The molecule has 0 bridgehead atoms. The van der Waals surface area contributed by atoms with Crippen LogP contribution < -0.4 is 0 Å². The Morgan fingerprint density at radius 1 is 1.25 bits per heavy atom. The molecule has 0 aromatic heterocycles. The summed E-state index contributed by atoms with van der Waals surface area (Å²) in [5.74, 6) is 0. The van der Waals surface area contributed by atoms with E-state index in [0.29, 0.717) is 0 Å². The van der Waals surface area contributed by atoms with E-state index in [1.165, 1.54) is 25.0 Å². The smallest absolute Gasteiger partial charge is 0.269 e. The minimum absolute atomic E-state index is 0.0973. The van der Waals surface area contributed by atoms with Gasteiger partial charge in [-0.3, -0.25) is 10.1 Å². The SMILES string of the molecule is O=[N+]([O-])c1ccc(N=CN2CCCC2)cc1. The lowest BCUT2D eigenvalue weighted by molar-refractivity contribution is -0.384. The Balaban J connectivity index is 2.01.